The molecule has 8 nitrogen and oxygen atoms in total. The molecule has 0 radical (unpaired) electrons. The molecule has 3 rings (SSSR count). The number of nitrogens with zero attached hydrogens (tertiary/aromatic N) is 4. The Morgan fingerprint density at radius 2 is 2.30 bits per heavy atom. The second-order valence-electron chi connectivity index (χ2n) is 6.12. The van der Waals surface area contributed by atoms with Gasteiger partial charge in [-0.25, -0.2) is 0 Å². The van der Waals surface area contributed by atoms with Crippen LogP contribution in [0.3, 0.4) is 0 Å². The van der Waals surface area contributed by atoms with Crippen LogP contribution in [0.2, 0.25) is 0 Å². The quantitative estimate of drug-likeness (QED) is 0.917. The van der Waals surface area contributed by atoms with Crippen molar-refractivity contribution >= 4 is 5.91 Å². The van der Waals surface area contributed by atoms with E-state index in [1.54, 1.807) is 11.8 Å². The summed E-state index contributed by atoms with van der Waals surface area (Å²) >= 11 is 0. The summed E-state index contributed by atoms with van der Waals surface area (Å²) < 4.78 is 10.9. The maximum atomic E-state index is 12.8. The summed E-state index contributed by atoms with van der Waals surface area (Å²) in [7, 11) is 0. The van der Waals surface area contributed by atoms with Crippen LogP contribution in [-0.4, -0.2) is 51.0 Å². The Hall–Kier alpha value is -2.22. The number of carbonyl (C=O) groups is 1. The van der Waals surface area contributed by atoms with E-state index in [-0.39, 0.29) is 11.9 Å². The van der Waals surface area contributed by atoms with Gasteiger partial charge in [0, 0.05) is 19.2 Å². The molecule has 0 aliphatic carbocycles. The van der Waals surface area contributed by atoms with Gasteiger partial charge in [0.2, 0.25) is 11.8 Å². The summed E-state index contributed by atoms with van der Waals surface area (Å²) in [4.78, 5) is 14.5. The number of amides is 1. The first-order valence-corrected chi connectivity index (χ1v) is 7.77. The van der Waals surface area contributed by atoms with Crippen molar-refractivity contribution in [3.63, 3.8) is 0 Å². The Morgan fingerprint density at radius 1 is 1.48 bits per heavy atom. The zero-order valence-electron chi connectivity index (χ0n) is 13.6. The number of rotatable bonds is 4. The molecule has 0 saturated carbocycles. The molecular weight excluding hydrogens is 298 g/mol. The van der Waals surface area contributed by atoms with Gasteiger partial charge in [-0.05, 0) is 18.4 Å². The molecule has 0 aromatic carbocycles. The molecule has 1 saturated heterocycles. The van der Waals surface area contributed by atoms with Crippen molar-refractivity contribution in [1.82, 2.24) is 25.3 Å². The van der Waals surface area contributed by atoms with Crippen LogP contribution in [0, 0.1) is 12.8 Å². The average molecular weight is 319 g/mol. The number of carbonyl (C=O) groups excluding carboxylic acids is 1. The number of nitrogens with one attached hydrogen (secondary N) is 1. The number of hydrogen-bond donors (Lipinski definition) is 1. The van der Waals surface area contributed by atoms with E-state index in [4.69, 9.17) is 9.15 Å². The lowest BCUT2D eigenvalue weighted by atomic mass is 10.1. The summed E-state index contributed by atoms with van der Waals surface area (Å²) in [6.07, 6.45) is 0.857. The van der Waals surface area contributed by atoms with Crippen molar-refractivity contribution in [1.29, 1.82) is 0 Å². The van der Waals surface area contributed by atoms with Gasteiger partial charge in [-0.2, -0.15) is 5.10 Å². The van der Waals surface area contributed by atoms with Crippen molar-refractivity contribution in [2.24, 2.45) is 5.92 Å². The highest BCUT2D eigenvalue weighted by Gasteiger charge is 2.34. The van der Waals surface area contributed by atoms with Gasteiger partial charge in [-0.15, -0.1) is 10.2 Å². The molecule has 1 aliphatic rings. The highest BCUT2D eigenvalue weighted by Crippen LogP contribution is 2.25. The normalized spacial score (nSPS) is 18.6. The molecule has 8 heteroatoms. The minimum atomic E-state index is -0.373. The van der Waals surface area contributed by atoms with E-state index in [0.29, 0.717) is 43.2 Å². The Balaban J connectivity index is 1.79. The van der Waals surface area contributed by atoms with Crippen LogP contribution in [0.4, 0.5) is 0 Å². The van der Waals surface area contributed by atoms with Crippen LogP contribution in [0.15, 0.2) is 10.5 Å². The molecular formula is C15H21N5O3. The van der Waals surface area contributed by atoms with Crippen LogP contribution in [0.1, 0.15) is 47.9 Å². The van der Waals surface area contributed by atoms with E-state index < -0.39 is 0 Å². The monoisotopic (exact) mass is 319 g/mol. The van der Waals surface area contributed by atoms with Gasteiger partial charge < -0.3 is 14.1 Å². The molecule has 1 amide bonds. The van der Waals surface area contributed by atoms with Crippen molar-refractivity contribution < 1.29 is 13.9 Å². The van der Waals surface area contributed by atoms with Crippen LogP contribution in [0.5, 0.6) is 0 Å². The van der Waals surface area contributed by atoms with Crippen molar-refractivity contribution in [2.45, 2.75) is 33.2 Å². The minimum Gasteiger partial charge on any atom is -0.423 e. The number of aromatic amines is 1. The third kappa shape index (κ3) is 3.42. The number of H-pyrrole nitrogens is 1. The van der Waals surface area contributed by atoms with E-state index in [2.05, 4.69) is 34.2 Å². The highest BCUT2D eigenvalue weighted by molar-refractivity contribution is 5.92. The summed E-state index contributed by atoms with van der Waals surface area (Å²) in [5, 5.41) is 14.9. The predicted octanol–water partition coefficient (Wildman–Crippen LogP) is 1.51. The van der Waals surface area contributed by atoms with Crippen LogP contribution in [-0.2, 0) is 11.2 Å². The average Bonchev–Trinajstić information content (AvgIpc) is 3.15. The second kappa shape index (κ2) is 6.49. The summed E-state index contributed by atoms with van der Waals surface area (Å²) in [5.41, 5.74) is 1.37. The topological polar surface area (TPSA) is 97.1 Å². The number of aryl methyl sites for hydroxylation is 1. The number of morpholine rings is 1. The number of hydrogen-bond acceptors (Lipinski definition) is 6. The lowest BCUT2D eigenvalue weighted by Crippen LogP contribution is -2.43. The molecule has 1 N–H and O–H groups in total. The van der Waals surface area contributed by atoms with E-state index in [9.17, 15) is 4.79 Å². The first-order chi connectivity index (χ1) is 11.0. The number of ether oxygens (including phenoxy) is 1. The van der Waals surface area contributed by atoms with E-state index >= 15 is 0 Å². The smallest absolute Gasteiger partial charge is 0.275 e. The Morgan fingerprint density at radius 3 is 3.00 bits per heavy atom. The molecule has 1 aliphatic heterocycles. The first kappa shape index (κ1) is 15.7. The first-order valence-electron chi connectivity index (χ1n) is 7.77. The van der Waals surface area contributed by atoms with Gasteiger partial charge in [0.15, 0.2) is 0 Å². The van der Waals surface area contributed by atoms with Crippen molar-refractivity contribution in [3.05, 3.63) is 29.2 Å². The molecule has 3 heterocycles. The Kier molecular flexibility index (Phi) is 4.42. The molecule has 1 atom stereocenters. The maximum Gasteiger partial charge on any atom is 0.275 e. The fraction of sp³-hybridized carbons (Fsp3) is 0.600. The summed E-state index contributed by atoms with van der Waals surface area (Å²) in [6, 6.07) is 1.44. The largest absolute Gasteiger partial charge is 0.423 e. The van der Waals surface area contributed by atoms with Crippen LogP contribution >= 0.6 is 0 Å². The van der Waals surface area contributed by atoms with Crippen LogP contribution < -0.4 is 0 Å². The SMILES string of the molecule is Cc1nnc([C@@H]2COCCN2C(=O)c2cc(CC(C)C)[nH]n2)o1. The van der Waals surface area contributed by atoms with Gasteiger partial charge >= 0.3 is 0 Å². The van der Waals surface area contributed by atoms with E-state index in [1.807, 2.05) is 6.07 Å². The molecule has 0 unspecified atom stereocenters. The fourth-order valence-electron chi connectivity index (χ4n) is 2.66. The standard InChI is InChI=1S/C15H21N5O3/c1-9(2)6-11-7-12(18-17-11)15(21)20-4-5-22-8-13(20)14-19-16-10(3)23-14/h7,9,13H,4-6,8H2,1-3H3,(H,17,18)/t13-/m0/s1. The van der Waals surface area contributed by atoms with Gasteiger partial charge in [-0.3, -0.25) is 9.89 Å². The molecule has 23 heavy (non-hydrogen) atoms. The molecule has 124 valence electrons. The predicted molar refractivity (Wildman–Crippen MR) is 80.8 cm³/mol. The Bertz CT molecular complexity index is 678. The molecule has 0 spiro atoms. The maximum absolute atomic E-state index is 12.8. The zero-order valence-corrected chi connectivity index (χ0v) is 13.6. The zero-order chi connectivity index (χ0) is 16.4. The Labute approximate surface area is 134 Å². The van der Waals surface area contributed by atoms with E-state index in [1.165, 1.54) is 0 Å². The lowest BCUT2D eigenvalue weighted by Gasteiger charge is -2.32. The molecule has 0 bridgehead atoms. The second-order valence-corrected chi connectivity index (χ2v) is 6.12. The van der Waals surface area contributed by atoms with Crippen molar-refractivity contribution in [3.8, 4) is 0 Å². The van der Waals surface area contributed by atoms with Gasteiger partial charge in [-0.1, -0.05) is 13.8 Å². The third-order valence-corrected chi connectivity index (χ3v) is 3.69. The van der Waals surface area contributed by atoms with Crippen molar-refractivity contribution in [2.75, 3.05) is 19.8 Å². The summed E-state index contributed by atoms with van der Waals surface area (Å²) in [6.45, 7) is 7.27. The third-order valence-electron chi connectivity index (χ3n) is 3.69. The summed E-state index contributed by atoms with van der Waals surface area (Å²) in [5.74, 6) is 1.21. The fourth-order valence-corrected chi connectivity index (χ4v) is 2.66. The highest BCUT2D eigenvalue weighted by atomic mass is 16.5. The van der Waals surface area contributed by atoms with Gasteiger partial charge in [0.05, 0.1) is 13.2 Å². The lowest BCUT2D eigenvalue weighted by molar-refractivity contribution is -0.0109. The van der Waals surface area contributed by atoms with Gasteiger partial charge in [0.25, 0.3) is 5.91 Å². The van der Waals surface area contributed by atoms with Crippen LogP contribution in [0.25, 0.3) is 0 Å². The molecule has 2 aromatic heterocycles. The van der Waals surface area contributed by atoms with Gasteiger partial charge in [0.1, 0.15) is 11.7 Å². The number of aromatic nitrogens is 4. The molecule has 1 fully saturated rings. The minimum absolute atomic E-state index is 0.152. The van der Waals surface area contributed by atoms with E-state index in [0.717, 1.165) is 12.1 Å². The molecule has 2 aromatic rings.